The summed E-state index contributed by atoms with van der Waals surface area (Å²) in [5.41, 5.74) is 1.08. The normalized spacial score (nSPS) is 16.5. The number of halogens is 2. The van der Waals surface area contributed by atoms with E-state index in [2.05, 4.69) is 23.8 Å². The summed E-state index contributed by atoms with van der Waals surface area (Å²) < 4.78 is 18.9. The van der Waals surface area contributed by atoms with Gasteiger partial charge >= 0.3 is 0 Å². The first-order valence-electron chi connectivity index (χ1n) is 9.55. The molecule has 1 aliphatic rings. The number of nitrogens with zero attached hydrogens (tertiary/aromatic N) is 1. The number of thioether (sulfide) groups is 1. The van der Waals surface area contributed by atoms with Crippen LogP contribution >= 0.6 is 35.7 Å². The highest BCUT2D eigenvalue weighted by atomic mass is 127. The van der Waals surface area contributed by atoms with E-state index in [1.54, 1.807) is 12.1 Å². The van der Waals surface area contributed by atoms with Crippen LogP contribution in [0.3, 0.4) is 0 Å². The van der Waals surface area contributed by atoms with Crippen molar-refractivity contribution in [2.45, 2.75) is 38.0 Å². The number of ether oxygens (including phenoxy) is 1. The molecule has 0 saturated carbocycles. The number of aliphatic imine (C=N–C) groups is 1. The van der Waals surface area contributed by atoms with Crippen LogP contribution in [0, 0.1) is 5.82 Å². The molecule has 0 unspecified atom stereocenters. The lowest BCUT2D eigenvalue weighted by Crippen LogP contribution is -2.41. The van der Waals surface area contributed by atoms with Crippen molar-refractivity contribution in [3.63, 3.8) is 0 Å². The number of rotatable bonds is 9. The van der Waals surface area contributed by atoms with Crippen molar-refractivity contribution in [2.75, 3.05) is 44.9 Å². The molecule has 1 aromatic carbocycles. The lowest BCUT2D eigenvalue weighted by molar-refractivity contribution is 0.0531. The van der Waals surface area contributed by atoms with E-state index >= 15 is 0 Å². The SMILES string of the molecule is CCNC(=NCC1(c2ccc(F)cc2)CCOCC1)NCCCCSC.I. The molecular formula is C20H33FIN3OS. The number of nitrogens with one attached hydrogen (secondary N) is 2. The number of guanidine groups is 1. The largest absolute Gasteiger partial charge is 0.381 e. The molecule has 4 nitrogen and oxygen atoms in total. The highest BCUT2D eigenvalue weighted by Gasteiger charge is 2.34. The molecule has 1 saturated heterocycles. The van der Waals surface area contributed by atoms with Crippen molar-refractivity contribution in [2.24, 2.45) is 4.99 Å². The number of hydrogen-bond donors (Lipinski definition) is 2. The molecule has 1 aliphatic heterocycles. The quantitative estimate of drug-likeness (QED) is 0.227. The molecular weight excluding hydrogens is 476 g/mol. The molecule has 0 atom stereocenters. The van der Waals surface area contributed by atoms with Crippen molar-refractivity contribution in [3.05, 3.63) is 35.6 Å². The molecule has 0 radical (unpaired) electrons. The van der Waals surface area contributed by atoms with Gasteiger partial charge in [-0.2, -0.15) is 11.8 Å². The smallest absolute Gasteiger partial charge is 0.191 e. The van der Waals surface area contributed by atoms with Crippen LogP contribution in [0.25, 0.3) is 0 Å². The molecule has 2 N–H and O–H groups in total. The van der Waals surface area contributed by atoms with Gasteiger partial charge in [-0.3, -0.25) is 4.99 Å². The second kappa shape index (κ2) is 13.6. The van der Waals surface area contributed by atoms with Gasteiger partial charge in [0.2, 0.25) is 0 Å². The van der Waals surface area contributed by atoms with E-state index in [9.17, 15) is 4.39 Å². The fourth-order valence-corrected chi connectivity index (χ4v) is 3.75. The Kier molecular flexibility index (Phi) is 12.3. The Morgan fingerprint density at radius 1 is 1.19 bits per heavy atom. The topological polar surface area (TPSA) is 45.7 Å². The Hall–Kier alpha value is -0.540. The van der Waals surface area contributed by atoms with Gasteiger partial charge in [0.1, 0.15) is 5.82 Å². The predicted octanol–water partition coefficient (Wildman–Crippen LogP) is 4.19. The van der Waals surface area contributed by atoms with Crippen LogP contribution in [-0.2, 0) is 10.2 Å². The maximum atomic E-state index is 13.3. The van der Waals surface area contributed by atoms with Crippen LogP contribution in [0.1, 0.15) is 38.2 Å². The third-order valence-electron chi connectivity index (χ3n) is 4.86. The Morgan fingerprint density at radius 3 is 2.52 bits per heavy atom. The van der Waals surface area contributed by atoms with Crippen molar-refractivity contribution < 1.29 is 9.13 Å². The Morgan fingerprint density at radius 2 is 1.89 bits per heavy atom. The van der Waals surface area contributed by atoms with Gasteiger partial charge in [0.25, 0.3) is 0 Å². The summed E-state index contributed by atoms with van der Waals surface area (Å²) in [5.74, 6) is 1.87. The molecule has 1 heterocycles. The molecule has 154 valence electrons. The second-order valence-corrected chi connectivity index (χ2v) is 7.71. The molecule has 0 spiro atoms. The van der Waals surface area contributed by atoms with E-state index in [0.717, 1.165) is 57.1 Å². The van der Waals surface area contributed by atoms with Gasteiger partial charge < -0.3 is 15.4 Å². The molecule has 7 heteroatoms. The molecule has 0 aromatic heterocycles. The van der Waals surface area contributed by atoms with Crippen LogP contribution in [0.2, 0.25) is 0 Å². The van der Waals surface area contributed by atoms with E-state index in [1.807, 2.05) is 23.9 Å². The fraction of sp³-hybridized carbons (Fsp3) is 0.650. The molecule has 1 aromatic rings. The summed E-state index contributed by atoms with van der Waals surface area (Å²) in [4.78, 5) is 4.87. The molecule has 2 rings (SSSR count). The van der Waals surface area contributed by atoms with Gasteiger partial charge in [0, 0.05) is 31.7 Å². The van der Waals surface area contributed by atoms with Gasteiger partial charge in [-0.25, -0.2) is 4.39 Å². The Balaban J connectivity index is 0.00000364. The summed E-state index contributed by atoms with van der Waals surface area (Å²) in [5, 5.41) is 6.77. The average molecular weight is 509 g/mol. The fourth-order valence-electron chi connectivity index (χ4n) is 3.25. The average Bonchev–Trinajstić information content (AvgIpc) is 2.67. The molecule has 27 heavy (non-hydrogen) atoms. The van der Waals surface area contributed by atoms with Crippen LogP contribution in [0.4, 0.5) is 4.39 Å². The lowest BCUT2D eigenvalue weighted by atomic mass is 9.74. The summed E-state index contributed by atoms with van der Waals surface area (Å²) in [6, 6.07) is 6.90. The minimum Gasteiger partial charge on any atom is -0.381 e. The molecule has 0 aliphatic carbocycles. The van der Waals surface area contributed by atoms with Crippen LogP contribution < -0.4 is 10.6 Å². The first-order chi connectivity index (χ1) is 12.7. The van der Waals surface area contributed by atoms with Gasteiger partial charge in [0.05, 0.1) is 6.54 Å². The van der Waals surface area contributed by atoms with Crippen LogP contribution in [-0.4, -0.2) is 50.8 Å². The number of benzene rings is 1. The van der Waals surface area contributed by atoms with Gasteiger partial charge in [-0.15, -0.1) is 24.0 Å². The lowest BCUT2D eigenvalue weighted by Gasteiger charge is -2.36. The summed E-state index contributed by atoms with van der Waals surface area (Å²) in [6.07, 6.45) is 6.32. The van der Waals surface area contributed by atoms with Gasteiger partial charge in [-0.1, -0.05) is 12.1 Å². The Labute approximate surface area is 184 Å². The standard InChI is InChI=1S/C20H32FN3OS.HI/c1-3-22-19(23-12-4-5-15-26-2)24-16-20(10-13-25-14-11-20)17-6-8-18(21)9-7-17;/h6-9H,3-5,10-16H2,1-2H3,(H2,22,23,24);1H. The first kappa shape index (κ1) is 24.5. The third-order valence-corrected chi connectivity index (χ3v) is 5.56. The van der Waals surface area contributed by atoms with E-state index in [0.29, 0.717) is 6.54 Å². The minimum absolute atomic E-state index is 0. The zero-order valence-electron chi connectivity index (χ0n) is 16.4. The van der Waals surface area contributed by atoms with E-state index in [4.69, 9.17) is 9.73 Å². The zero-order chi connectivity index (χ0) is 18.7. The highest BCUT2D eigenvalue weighted by molar-refractivity contribution is 14.0. The Bertz CT molecular complexity index is 551. The molecule has 0 bridgehead atoms. The van der Waals surface area contributed by atoms with Crippen molar-refractivity contribution >= 4 is 41.7 Å². The summed E-state index contributed by atoms with van der Waals surface area (Å²) in [7, 11) is 0. The monoisotopic (exact) mass is 509 g/mol. The first-order valence-corrected chi connectivity index (χ1v) is 10.9. The minimum atomic E-state index is -0.195. The van der Waals surface area contributed by atoms with E-state index < -0.39 is 0 Å². The van der Waals surface area contributed by atoms with Gasteiger partial charge in [-0.05, 0) is 62.3 Å². The zero-order valence-corrected chi connectivity index (χ0v) is 19.6. The van der Waals surface area contributed by atoms with Crippen molar-refractivity contribution in [1.82, 2.24) is 10.6 Å². The van der Waals surface area contributed by atoms with Crippen molar-refractivity contribution in [1.29, 1.82) is 0 Å². The second-order valence-electron chi connectivity index (χ2n) is 6.72. The number of hydrogen-bond acceptors (Lipinski definition) is 3. The third kappa shape index (κ3) is 8.15. The van der Waals surface area contributed by atoms with Gasteiger partial charge in [0.15, 0.2) is 5.96 Å². The summed E-state index contributed by atoms with van der Waals surface area (Å²) >= 11 is 1.89. The highest BCUT2D eigenvalue weighted by Crippen LogP contribution is 2.35. The van der Waals surface area contributed by atoms with E-state index in [1.165, 1.54) is 12.2 Å². The number of unbranched alkanes of at least 4 members (excludes halogenated alkanes) is 1. The predicted molar refractivity (Wildman–Crippen MR) is 125 cm³/mol. The summed E-state index contributed by atoms with van der Waals surface area (Å²) in [6.45, 7) is 5.98. The molecule has 1 fully saturated rings. The van der Waals surface area contributed by atoms with Crippen LogP contribution in [0.5, 0.6) is 0 Å². The van der Waals surface area contributed by atoms with Crippen molar-refractivity contribution in [3.8, 4) is 0 Å². The van der Waals surface area contributed by atoms with Crippen LogP contribution in [0.15, 0.2) is 29.3 Å². The maximum absolute atomic E-state index is 13.3. The van der Waals surface area contributed by atoms with E-state index in [-0.39, 0.29) is 35.2 Å². The molecule has 0 amide bonds. The maximum Gasteiger partial charge on any atom is 0.191 e.